The molecule has 6 heteroatoms. The SMILES string of the molecule is CC(c1cccs1)N(C(=O)Cn1c(=O)oc2ccccc21)C1CCCC1. The molecule has 2 aromatic heterocycles. The fourth-order valence-corrected chi connectivity index (χ4v) is 4.75. The number of para-hydroxylation sites is 2. The second-order valence-corrected chi connectivity index (χ2v) is 7.83. The van der Waals surface area contributed by atoms with Crippen molar-refractivity contribution in [2.24, 2.45) is 0 Å². The number of carbonyl (C=O) groups excluding carboxylic acids is 1. The summed E-state index contributed by atoms with van der Waals surface area (Å²) < 4.78 is 6.72. The third-order valence-corrected chi connectivity index (χ3v) is 6.29. The van der Waals surface area contributed by atoms with Gasteiger partial charge >= 0.3 is 5.76 Å². The summed E-state index contributed by atoms with van der Waals surface area (Å²) in [5.74, 6) is -0.499. The van der Waals surface area contributed by atoms with E-state index in [1.807, 2.05) is 34.5 Å². The molecule has 0 aliphatic heterocycles. The van der Waals surface area contributed by atoms with Crippen LogP contribution in [0.4, 0.5) is 0 Å². The molecule has 3 aromatic rings. The summed E-state index contributed by atoms with van der Waals surface area (Å²) in [6.45, 7) is 2.10. The lowest BCUT2D eigenvalue weighted by atomic mass is 10.1. The van der Waals surface area contributed by atoms with Crippen LogP contribution >= 0.6 is 11.3 Å². The van der Waals surface area contributed by atoms with Crippen LogP contribution in [0.15, 0.2) is 51.0 Å². The van der Waals surface area contributed by atoms with E-state index in [4.69, 9.17) is 4.42 Å². The summed E-state index contributed by atoms with van der Waals surface area (Å²) in [5, 5.41) is 2.04. The molecule has 1 aliphatic carbocycles. The van der Waals surface area contributed by atoms with Gasteiger partial charge in [-0.15, -0.1) is 11.3 Å². The lowest BCUT2D eigenvalue weighted by molar-refractivity contribution is -0.136. The summed E-state index contributed by atoms with van der Waals surface area (Å²) >= 11 is 1.67. The van der Waals surface area contributed by atoms with Crippen molar-refractivity contribution < 1.29 is 9.21 Å². The third-order valence-electron chi connectivity index (χ3n) is 5.25. The van der Waals surface area contributed by atoms with Gasteiger partial charge in [-0.1, -0.05) is 31.0 Å². The van der Waals surface area contributed by atoms with Crippen LogP contribution in [0.25, 0.3) is 11.1 Å². The van der Waals surface area contributed by atoms with Crippen LogP contribution in [0, 0.1) is 0 Å². The van der Waals surface area contributed by atoms with Crippen LogP contribution in [-0.4, -0.2) is 21.4 Å². The first-order chi connectivity index (χ1) is 12.6. The lowest BCUT2D eigenvalue weighted by Crippen LogP contribution is -2.43. The van der Waals surface area contributed by atoms with Crippen LogP contribution in [0.5, 0.6) is 0 Å². The lowest BCUT2D eigenvalue weighted by Gasteiger charge is -2.34. The molecule has 2 heterocycles. The van der Waals surface area contributed by atoms with E-state index in [1.165, 1.54) is 9.44 Å². The number of carbonyl (C=O) groups is 1. The molecule has 136 valence electrons. The number of nitrogens with zero attached hydrogens (tertiary/aromatic N) is 2. The van der Waals surface area contributed by atoms with Crippen LogP contribution < -0.4 is 5.76 Å². The Hall–Kier alpha value is -2.34. The first kappa shape index (κ1) is 17.1. The maximum atomic E-state index is 13.3. The maximum absolute atomic E-state index is 13.3. The van der Waals surface area contributed by atoms with Gasteiger partial charge in [-0.3, -0.25) is 9.36 Å². The average molecular weight is 370 g/mol. The molecule has 0 spiro atoms. The molecule has 0 radical (unpaired) electrons. The van der Waals surface area contributed by atoms with Gasteiger partial charge < -0.3 is 9.32 Å². The Labute approximate surface area is 155 Å². The van der Waals surface area contributed by atoms with Gasteiger partial charge in [0.05, 0.1) is 11.6 Å². The van der Waals surface area contributed by atoms with Gasteiger partial charge in [0.25, 0.3) is 0 Å². The van der Waals surface area contributed by atoms with Crippen molar-refractivity contribution in [3.63, 3.8) is 0 Å². The van der Waals surface area contributed by atoms with Gasteiger partial charge in [0.2, 0.25) is 5.91 Å². The van der Waals surface area contributed by atoms with E-state index in [0.29, 0.717) is 11.1 Å². The highest BCUT2D eigenvalue weighted by Gasteiger charge is 2.32. The van der Waals surface area contributed by atoms with Crippen molar-refractivity contribution in [2.45, 2.75) is 51.2 Å². The van der Waals surface area contributed by atoms with E-state index in [2.05, 4.69) is 13.0 Å². The largest absolute Gasteiger partial charge is 0.420 e. The van der Waals surface area contributed by atoms with E-state index < -0.39 is 5.76 Å². The number of oxazole rings is 1. The monoisotopic (exact) mass is 370 g/mol. The van der Waals surface area contributed by atoms with Crippen molar-refractivity contribution in [3.8, 4) is 0 Å². The minimum absolute atomic E-state index is 0.0134. The van der Waals surface area contributed by atoms with E-state index in [-0.39, 0.29) is 24.5 Å². The summed E-state index contributed by atoms with van der Waals surface area (Å²) in [6, 6.07) is 11.6. The quantitative estimate of drug-likeness (QED) is 0.677. The molecule has 0 N–H and O–H groups in total. The maximum Gasteiger partial charge on any atom is 0.420 e. The van der Waals surface area contributed by atoms with Crippen LogP contribution in [-0.2, 0) is 11.3 Å². The van der Waals surface area contributed by atoms with E-state index in [1.54, 1.807) is 17.4 Å². The molecular weight excluding hydrogens is 348 g/mol. The number of hydrogen-bond acceptors (Lipinski definition) is 4. The van der Waals surface area contributed by atoms with E-state index in [0.717, 1.165) is 25.7 Å². The van der Waals surface area contributed by atoms with Gasteiger partial charge in [0.1, 0.15) is 6.54 Å². The van der Waals surface area contributed by atoms with Gasteiger partial charge in [-0.2, -0.15) is 0 Å². The molecule has 1 amide bonds. The minimum Gasteiger partial charge on any atom is -0.408 e. The van der Waals surface area contributed by atoms with Crippen molar-refractivity contribution in [1.29, 1.82) is 0 Å². The molecule has 26 heavy (non-hydrogen) atoms. The second-order valence-electron chi connectivity index (χ2n) is 6.85. The molecule has 1 saturated carbocycles. The van der Waals surface area contributed by atoms with E-state index >= 15 is 0 Å². The molecular formula is C20H22N2O3S. The summed E-state index contributed by atoms with van der Waals surface area (Å²) in [6.07, 6.45) is 4.37. The molecule has 5 nitrogen and oxygen atoms in total. The Morgan fingerprint density at radius 2 is 2.04 bits per heavy atom. The van der Waals surface area contributed by atoms with E-state index in [9.17, 15) is 9.59 Å². The molecule has 0 saturated heterocycles. The topological polar surface area (TPSA) is 55.5 Å². The Balaban J connectivity index is 1.65. The number of rotatable bonds is 5. The Bertz CT molecular complexity index is 951. The zero-order valence-corrected chi connectivity index (χ0v) is 15.6. The van der Waals surface area contributed by atoms with Crippen molar-refractivity contribution in [2.75, 3.05) is 0 Å². The predicted octanol–water partition coefficient (Wildman–Crippen LogP) is 4.19. The second kappa shape index (κ2) is 7.11. The normalized spacial score (nSPS) is 16.2. The molecule has 1 aliphatic rings. The highest BCUT2D eigenvalue weighted by molar-refractivity contribution is 7.10. The van der Waals surface area contributed by atoms with Crippen molar-refractivity contribution >= 4 is 28.3 Å². The van der Waals surface area contributed by atoms with Gasteiger partial charge in [-0.25, -0.2) is 4.79 Å². The summed E-state index contributed by atoms with van der Waals surface area (Å²) in [5.41, 5.74) is 1.19. The fraction of sp³-hybridized carbons (Fsp3) is 0.400. The highest BCUT2D eigenvalue weighted by atomic mass is 32.1. The first-order valence-electron chi connectivity index (χ1n) is 9.08. The van der Waals surface area contributed by atoms with Crippen molar-refractivity contribution in [1.82, 2.24) is 9.47 Å². The average Bonchev–Trinajstić information content (AvgIpc) is 3.37. The smallest absolute Gasteiger partial charge is 0.408 e. The van der Waals surface area contributed by atoms with Crippen LogP contribution in [0.3, 0.4) is 0 Å². The van der Waals surface area contributed by atoms with Crippen LogP contribution in [0.2, 0.25) is 0 Å². The number of amides is 1. The number of thiophene rings is 1. The summed E-state index contributed by atoms with van der Waals surface area (Å²) in [4.78, 5) is 28.7. The van der Waals surface area contributed by atoms with Crippen LogP contribution in [0.1, 0.15) is 43.5 Å². The Morgan fingerprint density at radius 1 is 1.27 bits per heavy atom. The third kappa shape index (κ3) is 3.09. The zero-order valence-electron chi connectivity index (χ0n) is 14.8. The van der Waals surface area contributed by atoms with Gasteiger partial charge in [0, 0.05) is 10.9 Å². The number of hydrogen-bond donors (Lipinski definition) is 0. The molecule has 0 bridgehead atoms. The van der Waals surface area contributed by atoms with Gasteiger partial charge in [0.15, 0.2) is 5.58 Å². The zero-order chi connectivity index (χ0) is 18.1. The number of aromatic nitrogens is 1. The fourth-order valence-electron chi connectivity index (χ4n) is 3.96. The minimum atomic E-state index is -0.477. The number of fused-ring (bicyclic) bond motifs is 1. The molecule has 1 atom stereocenters. The molecule has 1 aromatic carbocycles. The Morgan fingerprint density at radius 3 is 2.77 bits per heavy atom. The van der Waals surface area contributed by atoms with Gasteiger partial charge in [-0.05, 0) is 43.3 Å². The predicted molar refractivity (Wildman–Crippen MR) is 102 cm³/mol. The highest BCUT2D eigenvalue weighted by Crippen LogP contribution is 2.33. The Kier molecular flexibility index (Phi) is 4.68. The molecule has 1 fully saturated rings. The number of benzene rings is 1. The standard InChI is InChI=1S/C20H22N2O3S/c1-14(18-11-6-12-26-18)22(15-7-2-3-8-15)19(23)13-21-16-9-4-5-10-17(16)25-20(21)24/h4-6,9-12,14-15H,2-3,7-8,13H2,1H3. The molecule has 1 unspecified atom stereocenters. The molecule has 4 rings (SSSR count). The van der Waals surface area contributed by atoms with Crippen molar-refractivity contribution in [3.05, 3.63) is 57.2 Å². The first-order valence-corrected chi connectivity index (χ1v) is 9.96. The summed E-state index contributed by atoms with van der Waals surface area (Å²) in [7, 11) is 0.